The van der Waals surface area contributed by atoms with Crippen molar-refractivity contribution in [3.05, 3.63) is 58.1 Å². The minimum absolute atomic E-state index is 0.139. The highest BCUT2D eigenvalue weighted by molar-refractivity contribution is 7.89. The molecule has 0 radical (unpaired) electrons. The van der Waals surface area contributed by atoms with Crippen molar-refractivity contribution < 1.29 is 13.2 Å². The van der Waals surface area contributed by atoms with E-state index in [1.165, 1.54) is 28.6 Å². The molecule has 146 valence electrons. The van der Waals surface area contributed by atoms with E-state index in [-0.39, 0.29) is 34.8 Å². The average Bonchev–Trinajstić information content (AvgIpc) is 2.71. The fraction of sp³-hybridized carbons (Fsp3) is 0.263. The third kappa shape index (κ3) is 4.31. The lowest BCUT2D eigenvalue weighted by Gasteiger charge is -2.30. The molecule has 1 aliphatic rings. The highest BCUT2D eigenvalue weighted by Crippen LogP contribution is 2.31. The number of sulfonamides is 1. The van der Waals surface area contributed by atoms with Gasteiger partial charge in [-0.3, -0.25) is 4.79 Å². The van der Waals surface area contributed by atoms with E-state index in [0.29, 0.717) is 29.1 Å². The maximum absolute atomic E-state index is 12.7. The van der Waals surface area contributed by atoms with Gasteiger partial charge in [-0.25, -0.2) is 8.42 Å². The van der Waals surface area contributed by atoms with Crippen LogP contribution >= 0.6 is 23.2 Å². The quantitative estimate of drug-likeness (QED) is 0.784. The monoisotopic (exact) mass is 437 g/mol. The summed E-state index contributed by atoms with van der Waals surface area (Å²) in [6.45, 7) is 0.480. The van der Waals surface area contributed by atoms with Gasteiger partial charge in [0.05, 0.1) is 32.3 Å². The van der Waals surface area contributed by atoms with Gasteiger partial charge in [0.2, 0.25) is 15.9 Å². The lowest BCUT2D eigenvalue weighted by atomic mass is 9.97. The highest BCUT2D eigenvalue weighted by Gasteiger charge is 2.32. The van der Waals surface area contributed by atoms with Gasteiger partial charge in [-0.15, -0.1) is 0 Å². The molecule has 0 saturated carbocycles. The Bertz CT molecular complexity index is 1030. The van der Waals surface area contributed by atoms with Crippen LogP contribution in [0.2, 0.25) is 10.0 Å². The summed E-state index contributed by atoms with van der Waals surface area (Å²) in [5.41, 5.74) is 0.834. The van der Waals surface area contributed by atoms with Crippen LogP contribution in [0, 0.1) is 17.2 Å². The lowest BCUT2D eigenvalue weighted by molar-refractivity contribution is -0.120. The van der Waals surface area contributed by atoms with Gasteiger partial charge in [0.1, 0.15) is 0 Å². The second kappa shape index (κ2) is 8.50. The number of nitrogens with zero attached hydrogens (tertiary/aromatic N) is 2. The third-order valence-electron chi connectivity index (χ3n) is 4.66. The summed E-state index contributed by atoms with van der Waals surface area (Å²) in [6.07, 6.45) is 0.805. The minimum Gasteiger partial charge on any atom is -0.324 e. The molecule has 2 aromatic rings. The topological polar surface area (TPSA) is 90.3 Å². The second-order valence-corrected chi connectivity index (χ2v) is 9.13. The zero-order chi connectivity index (χ0) is 20.3. The van der Waals surface area contributed by atoms with Crippen LogP contribution in [0.1, 0.15) is 18.4 Å². The van der Waals surface area contributed by atoms with E-state index in [0.717, 1.165) is 0 Å². The van der Waals surface area contributed by atoms with Crippen LogP contribution in [-0.4, -0.2) is 31.7 Å². The Labute approximate surface area is 173 Å². The maximum atomic E-state index is 12.7. The predicted octanol–water partition coefficient (Wildman–Crippen LogP) is 3.90. The van der Waals surface area contributed by atoms with Crippen LogP contribution in [0.5, 0.6) is 0 Å². The van der Waals surface area contributed by atoms with Crippen molar-refractivity contribution in [1.29, 1.82) is 5.26 Å². The zero-order valence-corrected chi connectivity index (χ0v) is 17.1. The first kappa shape index (κ1) is 20.6. The molecular formula is C19H17Cl2N3O3S. The first-order valence-electron chi connectivity index (χ1n) is 8.58. The first-order chi connectivity index (χ1) is 13.3. The standard InChI is InChI=1S/C19H17Cl2N3O3S/c20-16-2-1-3-17(18(16)21)23-19(25)14-8-10-24(11-9-14)28(26,27)15-6-4-13(12-22)5-7-15/h1-7,14H,8-11H2,(H,23,25). The summed E-state index contributed by atoms with van der Waals surface area (Å²) in [7, 11) is -3.65. The average molecular weight is 438 g/mol. The molecule has 0 atom stereocenters. The lowest BCUT2D eigenvalue weighted by Crippen LogP contribution is -2.41. The van der Waals surface area contributed by atoms with E-state index in [9.17, 15) is 13.2 Å². The molecule has 28 heavy (non-hydrogen) atoms. The number of nitriles is 1. The van der Waals surface area contributed by atoms with E-state index in [1.54, 1.807) is 18.2 Å². The molecule has 0 spiro atoms. The van der Waals surface area contributed by atoms with Crippen LogP contribution in [0.3, 0.4) is 0 Å². The molecule has 9 heteroatoms. The molecule has 0 aliphatic carbocycles. The smallest absolute Gasteiger partial charge is 0.243 e. The summed E-state index contributed by atoms with van der Waals surface area (Å²) in [4.78, 5) is 12.7. The fourth-order valence-electron chi connectivity index (χ4n) is 3.04. The summed E-state index contributed by atoms with van der Waals surface area (Å²) in [5, 5.41) is 12.2. The molecule has 0 bridgehead atoms. The number of piperidine rings is 1. The second-order valence-electron chi connectivity index (χ2n) is 6.41. The van der Waals surface area contributed by atoms with Crippen LogP contribution in [-0.2, 0) is 14.8 Å². The molecule has 2 aromatic carbocycles. The number of amides is 1. The Kier molecular flexibility index (Phi) is 6.26. The van der Waals surface area contributed by atoms with Crippen LogP contribution in [0.4, 0.5) is 5.69 Å². The number of carbonyl (C=O) groups is 1. The SMILES string of the molecule is N#Cc1ccc(S(=O)(=O)N2CCC(C(=O)Nc3cccc(Cl)c3Cl)CC2)cc1. The maximum Gasteiger partial charge on any atom is 0.243 e. The van der Waals surface area contributed by atoms with Gasteiger partial charge in [0.15, 0.2) is 0 Å². The summed E-state index contributed by atoms with van der Waals surface area (Å²) >= 11 is 12.0. The molecule has 1 aliphatic heterocycles. The van der Waals surface area contributed by atoms with Gasteiger partial charge >= 0.3 is 0 Å². The van der Waals surface area contributed by atoms with Crippen LogP contribution in [0.15, 0.2) is 47.4 Å². The number of hydrogen-bond acceptors (Lipinski definition) is 4. The van der Waals surface area contributed by atoms with Gasteiger partial charge in [-0.1, -0.05) is 29.3 Å². The van der Waals surface area contributed by atoms with Crippen molar-refractivity contribution in [2.24, 2.45) is 5.92 Å². The number of rotatable bonds is 4. The Balaban J connectivity index is 1.64. The number of nitrogens with one attached hydrogen (secondary N) is 1. The minimum atomic E-state index is -3.65. The van der Waals surface area contributed by atoms with Crippen molar-refractivity contribution in [3.63, 3.8) is 0 Å². The Morgan fingerprint density at radius 3 is 2.36 bits per heavy atom. The zero-order valence-electron chi connectivity index (χ0n) is 14.7. The van der Waals surface area contributed by atoms with Gasteiger partial charge < -0.3 is 5.32 Å². The van der Waals surface area contributed by atoms with Crippen molar-refractivity contribution in [3.8, 4) is 6.07 Å². The van der Waals surface area contributed by atoms with Gasteiger partial charge in [-0.2, -0.15) is 9.57 Å². The number of anilines is 1. The molecule has 0 aromatic heterocycles. The molecule has 0 unspecified atom stereocenters. The van der Waals surface area contributed by atoms with E-state index in [2.05, 4.69) is 5.32 Å². The molecule has 1 saturated heterocycles. The van der Waals surface area contributed by atoms with Crippen molar-refractivity contribution in [2.45, 2.75) is 17.7 Å². The molecule has 1 amide bonds. The molecule has 1 fully saturated rings. The van der Waals surface area contributed by atoms with Gasteiger partial charge in [-0.05, 0) is 49.2 Å². The molecule has 1 heterocycles. The third-order valence-corrected chi connectivity index (χ3v) is 7.39. The Morgan fingerprint density at radius 1 is 1.11 bits per heavy atom. The largest absolute Gasteiger partial charge is 0.324 e. The van der Waals surface area contributed by atoms with Crippen LogP contribution < -0.4 is 5.32 Å². The summed E-state index contributed by atoms with van der Waals surface area (Å²) < 4.78 is 26.9. The number of halogens is 2. The van der Waals surface area contributed by atoms with E-state index < -0.39 is 10.0 Å². The molecule has 6 nitrogen and oxygen atoms in total. The Hall–Kier alpha value is -2.11. The van der Waals surface area contributed by atoms with Gasteiger partial charge in [0.25, 0.3) is 0 Å². The number of carbonyl (C=O) groups excluding carboxylic acids is 1. The van der Waals surface area contributed by atoms with E-state index in [1.807, 2.05) is 6.07 Å². The van der Waals surface area contributed by atoms with Crippen LogP contribution in [0.25, 0.3) is 0 Å². The molecular weight excluding hydrogens is 421 g/mol. The van der Waals surface area contributed by atoms with Crippen molar-refractivity contribution in [1.82, 2.24) is 4.31 Å². The summed E-state index contributed by atoms with van der Waals surface area (Å²) in [6, 6.07) is 12.7. The van der Waals surface area contributed by atoms with Crippen molar-refractivity contribution >= 4 is 44.8 Å². The Morgan fingerprint density at radius 2 is 1.75 bits per heavy atom. The fourth-order valence-corrected chi connectivity index (χ4v) is 4.86. The number of benzene rings is 2. The number of hydrogen-bond donors (Lipinski definition) is 1. The molecule has 3 rings (SSSR count). The van der Waals surface area contributed by atoms with E-state index >= 15 is 0 Å². The molecule has 1 N–H and O–H groups in total. The highest BCUT2D eigenvalue weighted by atomic mass is 35.5. The summed E-state index contributed by atoms with van der Waals surface area (Å²) in [5.74, 6) is -0.526. The van der Waals surface area contributed by atoms with E-state index in [4.69, 9.17) is 28.5 Å². The van der Waals surface area contributed by atoms with Crippen molar-refractivity contribution in [2.75, 3.05) is 18.4 Å². The predicted molar refractivity (Wildman–Crippen MR) is 108 cm³/mol. The van der Waals surface area contributed by atoms with Gasteiger partial charge in [0, 0.05) is 19.0 Å². The normalized spacial score (nSPS) is 15.8. The first-order valence-corrected chi connectivity index (χ1v) is 10.8.